The van der Waals surface area contributed by atoms with Crippen molar-refractivity contribution >= 4 is 11.9 Å². The zero-order valence-electron chi connectivity index (χ0n) is 19.8. The zero-order valence-corrected chi connectivity index (χ0v) is 19.8. The lowest BCUT2D eigenvalue weighted by Crippen LogP contribution is -2.38. The number of methoxy groups -OCH3 is 1. The fourth-order valence-corrected chi connectivity index (χ4v) is 2.56. The number of aliphatic hydroxyl groups excluding tert-OH is 1. The number of hydrogen-bond donors (Lipinski definition) is 2. The molecule has 0 heterocycles. The van der Waals surface area contributed by atoms with E-state index in [2.05, 4.69) is 5.32 Å². The summed E-state index contributed by atoms with van der Waals surface area (Å²) < 4.78 is 16.2. The van der Waals surface area contributed by atoms with Crippen molar-refractivity contribution in [2.45, 2.75) is 53.2 Å². The van der Waals surface area contributed by atoms with Gasteiger partial charge in [-0.15, -0.1) is 0 Å². The summed E-state index contributed by atoms with van der Waals surface area (Å²) in [6, 6.07) is 11.1. The molecule has 174 valence electrons. The van der Waals surface area contributed by atoms with Gasteiger partial charge in [-0.3, -0.25) is 4.79 Å². The molecular formula is C25H33NO6. The summed E-state index contributed by atoms with van der Waals surface area (Å²) in [5.74, 6) is -0.326. The molecule has 2 N–H and O–H groups in total. The summed E-state index contributed by atoms with van der Waals surface area (Å²) in [5.41, 5.74) is -0.0872. The van der Waals surface area contributed by atoms with Gasteiger partial charge in [0.15, 0.2) is 11.5 Å². The lowest BCUT2D eigenvalue weighted by molar-refractivity contribution is -0.143. The molecule has 2 aromatic rings. The minimum Gasteiger partial charge on any atom is -0.497 e. The Kier molecular flexibility index (Phi) is 8.04. The molecule has 0 saturated heterocycles. The van der Waals surface area contributed by atoms with Gasteiger partial charge in [-0.25, -0.2) is 4.79 Å². The van der Waals surface area contributed by atoms with Gasteiger partial charge in [0.05, 0.1) is 24.2 Å². The van der Waals surface area contributed by atoms with Gasteiger partial charge in [0.2, 0.25) is 0 Å². The Morgan fingerprint density at radius 3 is 2.09 bits per heavy atom. The summed E-state index contributed by atoms with van der Waals surface area (Å²) in [6.07, 6.45) is -0.840. The van der Waals surface area contributed by atoms with Gasteiger partial charge in [-0.05, 0) is 83.5 Å². The van der Waals surface area contributed by atoms with Gasteiger partial charge in [-0.2, -0.15) is 0 Å². The Bertz CT molecular complexity index is 938. The molecule has 2 rings (SSSR count). The first-order valence-corrected chi connectivity index (χ1v) is 10.5. The second-order valence-electron chi connectivity index (χ2n) is 9.61. The van der Waals surface area contributed by atoms with Crippen LogP contribution >= 0.6 is 0 Å². The molecule has 1 atom stereocenters. The van der Waals surface area contributed by atoms with Crippen LogP contribution in [0.5, 0.6) is 17.2 Å². The van der Waals surface area contributed by atoms with Gasteiger partial charge in [0.25, 0.3) is 0 Å². The van der Waals surface area contributed by atoms with Crippen LogP contribution in [0.25, 0.3) is 0 Å². The van der Waals surface area contributed by atoms with Crippen LogP contribution in [0.4, 0.5) is 0 Å². The molecule has 2 aromatic carbocycles. The van der Waals surface area contributed by atoms with Crippen molar-refractivity contribution in [2.75, 3.05) is 13.7 Å². The molecular weight excluding hydrogens is 410 g/mol. The largest absolute Gasteiger partial charge is 0.497 e. The van der Waals surface area contributed by atoms with E-state index in [0.29, 0.717) is 23.4 Å². The number of aliphatic hydroxyl groups is 1. The molecule has 0 spiro atoms. The Balaban J connectivity index is 2.31. The average Bonchev–Trinajstić information content (AvgIpc) is 2.71. The molecule has 0 bridgehead atoms. The summed E-state index contributed by atoms with van der Waals surface area (Å²) >= 11 is 0. The van der Waals surface area contributed by atoms with Gasteiger partial charge in [0, 0.05) is 12.1 Å². The third-order valence-electron chi connectivity index (χ3n) is 4.52. The van der Waals surface area contributed by atoms with E-state index in [9.17, 15) is 14.7 Å². The third kappa shape index (κ3) is 7.35. The van der Waals surface area contributed by atoms with Crippen LogP contribution in [0.3, 0.4) is 0 Å². The van der Waals surface area contributed by atoms with Crippen molar-refractivity contribution in [3.05, 3.63) is 53.6 Å². The van der Waals surface area contributed by atoms with Crippen LogP contribution in [0.15, 0.2) is 42.5 Å². The van der Waals surface area contributed by atoms with E-state index in [0.717, 1.165) is 0 Å². The fourth-order valence-electron chi connectivity index (χ4n) is 2.56. The molecule has 0 aliphatic rings. The summed E-state index contributed by atoms with van der Waals surface area (Å²) in [6.45, 7) is 11.5. The van der Waals surface area contributed by atoms with Gasteiger partial charge >= 0.3 is 11.9 Å². The van der Waals surface area contributed by atoms with E-state index in [1.807, 2.05) is 20.8 Å². The zero-order chi connectivity index (χ0) is 24.1. The number of rotatable bonds is 7. The van der Waals surface area contributed by atoms with Crippen LogP contribution in [-0.4, -0.2) is 36.2 Å². The van der Waals surface area contributed by atoms with E-state index in [-0.39, 0.29) is 17.0 Å². The maximum atomic E-state index is 12.6. The number of β-amino-alcohol motifs (C(OH)–C–C–N with tert-alkyl or cyclic N) is 1. The topological polar surface area (TPSA) is 94.1 Å². The Hall–Kier alpha value is -2.90. The van der Waals surface area contributed by atoms with Crippen molar-refractivity contribution in [3.63, 3.8) is 0 Å². The molecule has 0 aliphatic carbocycles. The number of benzene rings is 2. The summed E-state index contributed by atoms with van der Waals surface area (Å²) in [7, 11) is 1.54. The van der Waals surface area contributed by atoms with E-state index < -0.39 is 23.5 Å². The summed E-state index contributed by atoms with van der Waals surface area (Å²) in [5, 5.41) is 13.8. The van der Waals surface area contributed by atoms with Crippen LogP contribution in [0, 0.1) is 5.41 Å². The Morgan fingerprint density at radius 2 is 1.56 bits per heavy atom. The number of ether oxygens (including phenoxy) is 3. The second-order valence-corrected chi connectivity index (χ2v) is 9.61. The highest BCUT2D eigenvalue weighted by Gasteiger charge is 2.26. The van der Waals surface area contributed by atoms with E-state index in [1.165, 1.54) is 19.2 Å². The monoisotopic (exact) mass is 443 g/mol. The lowest BCUT2D eigenvalue weighted by atomic mass is 9.97. The SMILES string of the molecule is COc1ccc(C(=O)Oc2ccc(C(O)CNC(C)(C)C)cc2OC(=O)C(C)(C)C)cc1. The molecule has 1 unspecified atom stereocenters. The first kappa shape index (κ1) is 25.4. The predicted octanol–water partition coefficient (Wildman–Crippen LogP) is 4.29. The van der Waals surface area contributed by atoms with Crippen molar-refractivity contribution in [2.24, 2.45) is 5.41 Å². The lowest BCUT2D eigenvalue weighted by Gasteiger charge is -2.23. The van der Waals surface area contributed by atoms with Gasteiger partial charge < -0.3 is 24.6 Å². The van der Waals surface area contributed by atoms with Crippen molar-refractivity contribution < 1.29 is 28.9 Å². The van der Waals surface area contributed by atoms with E-state index >= 15 is 0 Å². The second kappa shape index (κ2) is 10.1. The first-order chi connectivity index (χ1) is 14.8. The first-order valence-electron chi connectivity index (χ1n) is 10.5. The minimum atomic E-state index is -0.840. The van der Waals surface area contributed by atoms with Crippen molar-refractivity contribution in [1.82, 2.24) is 5.32 Å². The molecule has 0 saturated carbocycles. The molecule has 0 aromatic heterocycles. The van der Waals surface area contributed by atoms with E-state index in [4.69, 9.17) is 14.2 Å². The quantitative estimate of drug-likeness (QED) is 0.487. The van der Waals surface area contributed by atoms with Gasteiger partial charge in [-0.1, -0.05) is 6.07 Å². The number of hydrogen-bond acceptors (Lipinski definition) is 7. The predicted molar refractivity (Wildman–Crippen MR) is 122 cm³/mol. The maximum absolute atomic E-state index is 12.6. The number of esters is 2. The van der Waals surface area contributed by atoms with Gasteiger partial charge in [0.1, 0.15) is 5.75 Å². The minimum absolute atomic E-state index is 0.0686. The normalized spacial score (nSPS) is 12.8. The third-order valence-corrected chi connectivity index (χ3v) is 4.52. The van der Waals surface area contributed by atoms with Crippen molar-refractivity contribution in [3.8, 4) is 17.2 Å². The Labute approximate surface area is 189 Å². The molecule has 0 fully saturated rings. The fraction of sp³-hybridized carbons (Fsp3) is 0.440. The van der Waals surface area contributed by atoms with Crippen molar-refractivity contribution in [1.29, 1.82) is 0 Å². The summed E-state index contributed by atoms with van der Waals surface area (Å²) in [4.78, 5) is 25.1. The smallest absolute Gasteiger partial charge is 0.343 e. The van der Waals surface area contributed by atoms with Crippen LogP contribution in [-0.2, 0) is 4.79 Å². The van der Waals surface area contributed by atoms with Crippen LogP contribution < -0.4 is 19.5 Å². The molecule has 0 aliphatic heterocycles. The average molecular weight is 444 g/mol. The highest BCUT2D eigenvalue weighted by molar-refractivity contribution is 5.91. The standard InChI is InChI=1S/C25H33NO6/c1-24(2,3)23(29)32-21-14-17(19(27)15-26-25(4,5)6)10-13-20(21)31-22(28)16-8-11-18(30-7)12-9-16/h8-14,19,26-27H,15H2,1-7H3. The molecule has 7 nitrogen and oxygen atoms in total. The van der Waals surface area contributed by atoms with Crippen LogP contribution in [0.2, 0.25) is 0 Å². The molecule has 7 heteroatoms. The van der Waals surface area contributed by atoms with E-state index in [1.54, 1.807) is 51.1 Å². The maximum Gasteiger partial charge on any atom is 0.343 e. The number of nitrogens with one attached hydrogen (secondary N) is 1. The number of carbonyl (C=O) groups is 2. The highest BCUT2D eigenvalue weighted by Crippen LogP contribution is 2.33. The van der Waals surface area contributed by atoms with Crippen LogP contribution in [0.1, 0.15) is 63.6 Å². The molecule has 0 amide bonds. The highest BCUT2D eigenvalue weighted by atomic mass is 16.6. The molecule has 0 radical (unpaired) electrons. The molecule has 32 heavy (non-hydrogen) atoms. The Morgan fingerprint density at radius 1 is 0.938 bits per heavy atom. The number of carbonyl (C=O) groups excluding carboxylic acids is 2.